The zero-order valence-electron chi connectivity index (χ0n) is 18.1. The maximum Gasteiger partial charge on any atom is -1.00 e. The van der Waals surface area contributed by atoms with Crippen molar-refractivity contribution in [1.82, 2.24) is 0 Å². The second-order valence-corrected chi connectivity index (χ2v) is 16.1. The molecule has 0 N–H and O–H groups in total. The predicted octanol–water partition coefficient (Wildman–Crippen LogP) is 1.42. The molecule has 0 spiro atoms. The molecule has 5 rings (SSSR count). The monoisotopic (exact) mass is 522 g/mol. The van der Waals surface area contributed by atoms with Gasteiger partial charge in [-0.1, -0.05) is 0 Å². The Hall–Kier alpha value is -1.53. The van der Waals surface area contributed by atoms with Crippen molar-refractivity contribution in [2.75, 3.05) is 0 Å². The number of hydrogen-bond acceptors (Lipinski definition) is 0. The van der Waals surface area contributed by atoms with Crippen molar-refractivity contribution in [2.24, 2.45) is 0 Å². The van der Waals surface area contributed by atoms with Crippen molar-refractivity contribution in [1.29, 1.82) is 0 Å². The van der Waals surface area contributed by atoms with Crippen LogP contribution in [0.4, 0.5) is 0 Å². The van der Waals surface area contributed by atoms with E-state index in [1.807, 2.05) is 0 Å². The van der Waals surface area contributed by atoms with Gasteiger partial charge in [0, 0.05) is 0 Å². The number of benzene rings is 3. The molecule has 0 amide bonds. The molecule has 0 heterocycles. The fraction of sp³-hybridized carbons (Fsp3) is 0.179. The Balaban J connectivity index is 0.00000136. The minimum Gasteiger partial charge on any atom is -1.00 e. The van der Waals surface area contributed by atoms with Gasteiger partial charge in [0.1, 0.15) is 0 Å². The van der Waals surface area contributed by atoms with E-state index in [-0.39, 0.29) is 24.8 Å². The summed E-state index contributed by atoms with van der Waals surface area (Å²) in [7, 11) is 0. The summed E-state index contributed by atoms with van der Waals surface area (Å²) >= 11 is -2.03. The van der Waals surface area contributed by atoms with Crippen molar-refractivity contribution >= 4 is 15.4 Å². The van der Waals surface area contributed by atoms with E-state index >= 15 is 0 Å². The van der Waals surface area contributed by atoms with Crippen LogP contribution in [0.3, 0.4) is 0 Å². The Bertz CT molecular complexity index is 1180. The predicted molar refractivity (Wildman–Crippen MR) is 123 cm³/mol. The molecular formula is C28H26Cl2Zr. The van der Waals surface area contributed by atoms with E-state index in [1.54, 1.807) is 19.9 Å². The molecule has 0 radical (unpaired) electrons. The van der Waals surface area contributed by atoms with Gasteiger partial charge in [-0.2, -0.15) is 0 Å². The molecule has 0 bridgehead atoms. The zero-order valence-corrected chi connectivity index (χ0v) is 22.0. The van der Waals surface area contributed by atoms with Gasteiger partial charge in [0.15, 0.2) is 0 Å². The smallest absolute Gasteiger partial charge is 1.00 e. The first-order valence-electron chi connectivity index (χ1n) is 10.5. The first-order chi connectivity index (χ1) is 14.1. The maximum absolute atomic E-state index is 2.53. The van der Waals surface area contributed by atoms with Gasteiger partial charge in [-0.25, -0.2) is 0 Å². The Labute approximate surface area is 206 Å². The van der Waals surface area contributed by atoms with Crippen LogP contribution in [-0.2, 0) is 21.3 Å². The van der Waals surface area contributed by atoms with Crippen molar-refractivity contribution in [3.8, 4) is 11.1 Å². The number of halogens is 2. The van der Waals surface area contributed by atoms with E-state index in [9.17, 15) is 0 Å². The molecule has 0 saturated carbocycles. The zero-order chi connectivity index (χ0) is 20.0. The second-order valence-electron chi connectivity index (χ2n) is 8.42. The standard InChI is InChI=1S/C15H11.C10H9.C3H6.2ClH.Zr/c1-2-6-12(7-3-1)14-10-4-8-13-9-5-11-15(13)14;1-8-6-9-4-2-3-5-10(9)7-8;1-3-2;;;/h1-11H;2-7H,1H3;1-2H3;2*1H;/q;;;;;+2/p-2. The molecular weight excluding hydrogens is 498 g/mol. The van der Waals surface area contributed by atoms with Crippen LogP contribution in [-0.4, -0.2) is 3.21 Å². The fourth-order valence-corrected chi connectivity index (χ4v) is 14.0. The van der Waals surface area contributed by atoms with Gasteiger partial charge in [-0.05, 0) is 0 Å². The third-order valence-corrected chi connectivity index (χ3v) is 15.5. The molecule has 0 aromatic heterocycles. The molecule has 0 nitrogen and oxygen atoms in total. The molecule has 156 valence electrons. The van der Waals surface area contributed by atoms with E-state index in [0.29, 0.717) is 7.25 Å². The summed E-state index contributed by atoms with van der Waals surface area (Å²) in [6.07, 6.45) is 7.38. The largest absolute Gasteiger partial charge is 1.00 e. The minimum atomic E-state index is -2.03. The molecule has 2 unspecified atom stereocenters. The van der Waals surface area contributed by atoms with Crippen LogP contribution in [0.1, 0.15) is 50.3 Å². The van der Waals surface area contributed by atoms with Crippen molar-refractivity contribution in [2.45, 2.75) is 28.0 Å². The van der Waals surface area contributed by atoms with Gasteiger partial charge in [-0.3, -0.25) is 0 Å². The Morgan fingerprint density at radius 1 is 0.774 bits per heavy atom. The summed E-state index contributed by atoms with van der Waals surface area (Å²) in [4.78, 5) is 0. The SMILES string of the molecule is CC1=Cc2ccccc2[CH]1[Zr+2](=[C](C)C)[CH]1C=Cc2c(-c3ccccc3)cccc21.[Cl-].[Cl-]. The molecule has 0 aliphatic heterocycles. The van der Waals surface area contributed by atoms with Gasteiger partial charge in [0.25, 0.3) is 0 Å². The van der Waals surface area contributed by atoms with Crippen molar-refractivity contribution in [3.63, 3.8) is 0 Å². The number of rotatable bonds is 3. The summed E-state index contributed by atoms with van der Waals surface area (Å²) in [5, 5.41) is 0. The van der Waals surface area contributed by atoms with E-state index in [1.165, 1.54) is 22.3 Å². The van der Waals surface area contributed by atoms with E-state index in [2.05, 4.69) is 112 Å². The maximum atomic E-state index is 2.53. The number of fused-ring (bicyclic) bond motifs is 2. The van der Waals surface area contributed by atoms with E-state index in [4.69, 9.17) is 0 Å². The Morgan fingerprint density at radius 2 is 1.45 bits per heavy atom. The van der Waals surface area contributed by atoms with Gasteiger partial charge in [0.2, 0.25) is 0 Å². The van der Waals surface area contributed by atoms with Crippen LogP contribution in [0.2, 0.25) is 0 Å². The Kier molecular flexibility index (Phi) is 7.74. The van der Waals surface area contributed by atoms with Gasteiger partial charge >= 0.3 is 182 Å². The molecule has 3 aromatic carbocycles. The van der Waals surface area contributed by atoms with Gasteiger partial charge < -0.3 is 24.8 Å². The van der Waals surface area contributed by atoms with E-state index < -0.39 is 21.3 Å². The Morgan fingerprint density at radius 3 is 2.19 bits per heavy atom. The second kappa shape index (κ2) is 9.95. The van der Waals surface area contributed by atoms with Crippen LogP contribution in [0, 0.1) is 0 Å². The summed E-state index contributed by atoms with van der Waals surface area (Å²) in [5.74, 6) is 0. The third-order valence-electron chi connectivity index (χ3n) is 6.38. The average molecular weight is 525 g/mol. The van der Waals surface area contributed by atoms with Crippen LogP contribution < -0.4 is 24.8 Å². The summed E-state index contributed by atoms with van der Waals surface area (Å²) in [6.45, 7) is 7.15. The van der Waals surface area contributed by atoms with Crippen LogP contribution in [0.25, 0.3) is 23.3 Å². The summed E-state index contributed by atoms with van der Waals surface area (Å²) in [6, 6.07) is 26.8. The molecule has 3 aromatic rings. The average Bonchev–Trinajstić information content (AvgIpc) is 3.30. The quantitative estimate of drug-likeness (QED) is 0.487. The molecule has 0 saturated heterocycles. The van der Waals surface area contributed by atoms with Crippen molar-refractivity contribution < 1.29 is 46.1 Å². The van der Waals surface area contributed by atoms with Crippen LogP contribution >= 0.6 is 0 Å². The normalized spacial score (nSPS) is 17.4. The molecule has 3 heteroatoms. The molecule has 2 aliphatic carbocycles. The first-order valence-corrected chi connectivity index (χ1v) is 14.5. The fourth-order valence-electron chi connectivity index (χ4n) is 5.15. The molecule has 2 atom stereocenters. The number of hydrogen-bond donors (Lipinski definition) is 0. The van der Waals surface area contributed by atoms with E-state index in [0.717, 1.165) is 0 Å². The van der Waals surface area contributed by atoms with Gasteiger partial charge in [0.05, 0.1) is 0 Å². The van der Waals surface area contributed by atoms with Crippen LogP contribution in [0.5, 0.6) is 0 Å². The van der Waals surface area contributed by atoms with Crippen molar-refractivity contribution in [3.05, 3.63) is 107 Å². The first kappa shape index (κ1) is 24.1. The van der Waals surface area contributed by atoms with Gasteiger partial charge in [-0.15, -0.1) is 0 Å². The molecule has 2 aliphatic rings. The summed E-state index contributed by atoms with van der Waals surface area (Å²) in [5.41, 5.74) is 10.3. The topological polar surface area (TPSA) is 0 Å². The number of allylic oxidation sites excluding steroid dienone is 2. The molecule has 31 heavy (non-hydrogen) atoms. The summed E-state index contributed by atoms with van der Waals surface area (Å²) < 4.78 is 2.97. The minimum absolute atomic E-state index is 0. The van der Waals surface area contributed by atoms with Crippen LogP contribution in [0.15, 0.2) is 84.4 Å². The molecule has 0 fully saturated rings. The third kappa shape index (κ3) is 4.26.